The van der Waals surface area contributed by atoms with Crippen LogP contribution in [0.5, 0.6) is 0 Å². The summed E-state index contributed by atoms with van der Waals surface area (Å²) >= 11 is 0. The van der Waals surface area contributed by atoms with Crippen LogP contribution in [0, 0.1) is 0 Å². The molecular weight excluding hydrogens is 199 g/mol. The fourth-order valence-electron chi connectivity index (χ4n) is 1.34. The molecule has 0 unspecified atom stereocenters. The first-order chi connectivity index (χ1) is 6.58. The molecule has 1 aromatic carbocycles. The molecule has 14 heavy (non-hydrogen) atoms. The normalized spacial score (nSPS) is 12.8. The molecule has 0 aliphatic rings. The Bertz CT molecular complexity index is 256. The first kappa shape index (κ1) is 11.6. The number of aryl methyl sites for hydroxylation is 1. The average molecular weight is 216 g/mol. The first-order valence-corrected chi connectivity index (χ1v) is 6.84. The summed E-state index contributed by atoms with van der Waals surface area (Å²) in [6.07, 6.45) is 2.59. The van der Waals surface area contributed by atoms with Gasteiger partial charge in [-0.3, -0.25) is 0 Å². The zero-order valence-corrected chi connectivity index (χ0v) is 9.06. The molecule has 0 spiro atoms. The van der Waals surface area contributed by atoms with Crippen molar-refractivity contribution >= 4 is 7.94 Å². The van der Waals surface area contributed by atoms with Crippen LogP contribution in [0.3, 0.4) is 0 Å². The van der Waals surface area contributed by atoms with Crippen molar-refractivity contribution in [3.63, 3.8) is 0 Å². The number of unbranched alkanes of at least 4 members (excludes halogenated alkanes) is 1. The molecule has 0 heterocycles. The van der Waals surface area contributed by atoms with Crippen LogP contribution in [0.25, 0.3) is 0 Å². The Hall–Kier alpha value is -0.470. The third kappa shape index (κ3) is 5.30. The molecule has 3 nitrogen and oxygen atoms in total. The van der Waals surface area contributed by atoms with Gasteiger partial charge in [0.25, 0.3) is 0 Å². The van der Waals surface area contributed by atoms with Crippen LogP contribution in [-0.2, 0) is 6.42 Å². The predicted molar refractivity (Wildman–Crippen MR) is 59.2 cm³/mol. The Balaban J connectivity index is 2.17. The van der Waals surface area contributed by atoms with Gasteiger partial charge >= 0.3 is 83.9 Å². The van der Waals surface area contributed by atoms with E-state index < -0.39 is 7.94 Å². The van der Waals surface area contributed by atoms with Gasteiger partial charge in [0.1, 0.15) is 0 Å². The molecule has 0 atom stereocenters. The van der Waals surface area contributed by atoms with Crippen molar-refractivity contribution in [2.45, 2.75) is 19.3 Å². The van der Waals surface area contributed by atoms with E-state index in [0.29, 0.717) is 6.42 Å². The van der Waals surface area contributed by atoms with Crippen molar-refractivity contribution in [1.29, 1.82) is 0 Å². The van der Waals surface area contributed by atoms with Crippen LogP contribution in [0.4, 0.5) is 0 Å². The zero-order chi connectivity index (χ0) is 10.4. The van der Waals surface area contributed by atoms with Gasteiger partial charge in [0.05, 0.1) is 0 Å². The van der Waals surface area contributed by atoms with E-state index in [1.165, 1.54) is 5.56 Å². The van der Waals surface area contributed by atoms with E-state index in [1.54, 1.807) is 0 Å². The summed E-state index contributed by atoms with van der Waals surface area (Å²) in [5, 5.41) is 0. The Labute approximate surface area is 84.6 Å². The molecule has 0 saturated heterocycles. The van der Waals surface area contributed by atoms with Crippen molar-refractivity contribution in [3.05, 3.63) is 35.9 Å². The van der Waals surface area contributed by atoms with Gasteiger partial charge < -0.3 is 0 Å². The van der Waals surface area contributed by atoms with Crippen molar-refractivity contribution in [1.82, 2.24) is 0 Å². The number of hydrogen-bond acceptors (Lipinski definition) is 3. The van der Waals surface area contributed by atoms with Crippen LogP contribution in [0.2, 0.25) is 0 Å². The molecule has 0 radical (unpaired) electrons. The first-order valence-electron chi connectivity index (χ1n) is 4.79. The van der Waals surface area contributed by atoms with Gasteiger partial charge in [-0.25, -0.2) is 0 Å². The van der Waals surface area contributed by atoms with Crippen molar-refractivity contribution < 1.29 is 14.7 Å². The summed E-state index contributed by atoms with van der Waals surface area (Å²) in [4.78, 5) is 26.3. The number of hydrogen-bond donors (Lipinski definition) is 3. The Morgan fingerprint density at radius 2 is 1.57 bits per heavy atom. The Morgan fingerprint density at radius 3 is 2.14 bits per heavy atom. The van der Waals surface area contributed by atoms with E-state index in [4.69, 9.17) is 14.7 Å². The molecule has 4 heteroatoms. The summed E-state index contributed by atoms with van der Waals surface area (Å²) in [5.74, 6) is 0. The summed E-state index contributed by atoms with van der Waals surface area (Å²) in [6.45, 7) is 0. The number of benzene rings is 1. The van der Waals surface area contributed by atoms with Crippen molar-refractivity contribution in [2.75, 3.05) is 6.16 Å². The van der Waals surface area contributed by atoms with Crippen LogP contribution < -0.4 is 0 Å². The van der Waals surface area contributed by atoms with Gasteiger partial charge in [0, 0.05) is 0 Å². The molecule has 0 aromatic heterocycles. The van der Waals surface area contributed by atoms with Gasteiger partial charge in [-0.1, -0.05) is 0 Å². The van der Waals surface area contributed by atoms with Crippen LogP contribution in [0.1, 0.15) is 18.4 Å². The van der Waals surface area contributed by atoms with E-state index >= 15 is 0 Å². The van der Waals surface area contributed by atoms with Crippen molar-refractivity contribution in [3.8, 4) is 0 Å². The van der Waals surface area contributed by atoms with Gasteiger partial charge in [-0.15, -0.1) is 0 Å². The standard InChI is InChI=1S/C10H17O3P/c11-14(12,13)9-5-4-8-10-6-2-1-3-7-10/h1-3,6-7,11-14H,4-5,8-9H2. The van der Waals surface area contributed by atoms with Crippen LogP contribution in [0.15, 0.2) is 30.3 Å². The average Bonchev–Trinajstić information content (AvgIpc) is 2.13. The molecule has 3 N–H and O–H groups in total. The van der Waals surface area contributed by atoms with Gasteiger partial charge in [0.2, 0.25) is 0 Å². The van der Waals surface area contributed by atoms with E-state index in [1.807, 2.05) is 30.3 Å². The molecule has 1 rings (SSSR count). The third-order valence-electron chi connectivity index (χ3n) is 2.07. The SMILES string of the molecule is O[PH](O)(O)CCCCc1ccccc1. The van der Waals surface area contributed by atoms with Crippen LogP contribution in [-0.4, -0.2) is 20.8 Å². The molecule has 0 bridgehead atoms. The van der Waals surface area contributed by atoms with Crippen LogP contribution >= 0.6 is 7.94 Å². The van der Waals surface area contributed by atoms with Gasteiger partial charge in [0.15, 0.2) is 0 Å². The Kier molecular flexibility index (Phi) is 4.49. The second-order valence-corrected chi connectivity index (χ2v) is 5.52. The summed E-state index contributed by atoms with van der Waals surface area (Å²) in [5.41, 5.74) is 1.24. The van der Waals surface area contributed by atoms with Gasteiger partial charge in [-0.05, 0) is 0 Å². The number of rotatable bonds is 5. The molecule has 80 valence electrons. The molecule has 1 aromatic rings. The zero-order valence-electron chi connectivity index (χ0n) is 8.06. The summed E-state index contributed by atoms with van der Waals surface area (Å²) in [6, 6.07) is 10.0. The Morgan fingerprint density at radius 1 is 0.929 bits per heavy atom. The second-order valence-electron chi connectivity index (χ2n) is 3.47. The van der Waals surface area contributed by atoms with E-state index in [2.05, 4.69) is 0 Å². The summed E-state index contributed by atoms with van der Waals surface area (Å²) in [7, 11) is -3.80. The summed E-state index contributed by atoms with van der Waals surface area (Å²) < 4.78 is 0. The predicted octanol–water partition coefficient (Wildman–Crippen LogP) is 1.48. The molecule has 0 amide bonds. The molecule has 0 aliphatic heterocycles. The third-order valence-corrected chi connectivity index (χ3v) is 3.09. The quantitative estimate of drug-likeness (QED) is 0.516. The maximum atomic E-state index is 8.76. The molecule has 0 aliphatic carbocycles. The second kappa shape index (κ2) is 5.42. The molecule has 0 saturated carbocycles. The minimum absolute atomic E-state index is 0.139. The topological polar surface area (TPSA) is 60.7 Å². The minimum atomic E-state index is -3.80. The van der Waals surface area contributed by atoms with E-state index in [-0.39, 0.29) is 6.16 Å². The maximum absolute atomic E-state index is 8.76. The van der Waals surface area contributed by atoms with E-state index in [9.17, 15) is 0 Å². The fraction of sp³-hybridized carbons (Fsp3) is 0.400. The fourth-order valence-corrected chi connectivity index (χ4v) is 2.06. The van der Waals surface area contributed by atoms with Crippen molar-refractivity contribution in [2.24, 2.45) is 0 Å². The monoisotopic (exact) mass is 216 g/mol. The van der Waals surface area contributed by atoms with Gasteiger partial charge in [-0.2, -0.15) is 0 Å². The molecular formula is C10H17O3P. The molecule has 0 fully saturated rings. The van der Waals surface area contributed by atoms with E-state index in [0.717, 1.165) is 12.8 Å².